The van der Waals surface area contributed by atoms with Crippen molar-refractivity contribution in [3.05, 3.63) is 35.9 Å². The van der Waals surface area contributed by atoms with E-state index >= 15 is 0 Å². The lowest BCUT2D eigenvalue weighted by molar-refractivity contribution is -0.131. The predicted molar refractivity (Wildman–Crippen MR) is 53.5 cm³/mol. The molecule has 0 spiro atoms. The van der Waals surface area contributed by atoms with Crippen molar-refractivity contribution in [2.45, 2.75) is 0 Å². The van der Waals surface area contributed by atoms with Gasteiger partial charge in [0, 0.05) is 6.08 Å². The molecule has 1 aromatic carbocycles. The van der Waals surface area contributed by atoms with Gasteiger partial charge in [-0.1, -0.05) is 12.1 Å². The number of benzene rings is 1. The minimum atomic E-state index is -0.983. The molecule has 1 rings (SSSR count). The van der Waals surface area contributed by atoms with E-state index in [4.69, 9.17) is 20.1 Å². The largest absolute Gasteiger partial charge is 0.508 e. The van der Waals surface area contributed by atoms with Crippen LogP contribution in [0.4, 0.5) is 0 Å². The number of hydrogen-bond acceptors (Lipinski definition) is 3. The molecule has 0 aliphatic rings. The van der Waals surface area contributed by atoms with Crippen molar-refractivity contribution < 1.29 is 24.9 Å². The average molecular weight is 210 g/mol. The van der Waals surface area contributed by atoms with Gasteiger partial charge in [0.15, 0.2) is 0 Å². The lowest BCUT2D eigenvalue weighted by Crippen LogP contribution is -1.85. The monoisotopic (exact) mass is 210 g/mol. The normalized spacial score (nSPS) is 9.07. The van der Waals surface area contributed by atoms with Crippen LogP contribution in [0.3, 0.4) is 0 Å². The summed E-state index contributed by atoms with van der Waals surface area (Å²) in [6, 6.07) is 6.27. The molecular formula is C10H10O5. The molecule has 0 saturated carbocycles. The minimum absolute atomic E-state index is 0.169. The molecule has 5 heteroatoms. The molecule has 0 aromatic heterocycles. The Kier molecular flexibility index (Phi) is 6.04. The number of hydrogen-bond donors (Lipinski definition) is 3. The zero-order valence-electron chi connectivity index (χ0n) is 7.70. The van der Waals surface area contributed by atoms with Gasteiger partial charge >= 0.3 is 5.97 Å². The zero-order valence-corrected chi connectivity index (χ0v) is 7.70. The second-order valence-electron chi connectivity index (χ2n) is 2.37. The molecule has 0 bridgehead atoms. The van der Waals surface area contributed by atoms with Gasteiger partial charge < -0.3 is 15.3 Å². The lowest BCUT2D eigenvalue weighted by atomic mass is 10.2. The summed E-state index contributed by atoms with van der Waals surface area (Å²) in [5, 5.41) is 24.1. The summed E-state index contributed by atoms with van der Waals surface area (Å²) in [6.45, 7) is -0.250. The summed E-state index contributed by atoms with van der Waals surface area (Å²) in [7, 11) is 0. The Hall–Kier alpha value is -2.30. The number of phenolic OH excluding ortho intramolecular Hbond substituents is 1. The fourth-order valence-corrected chi connectivity index (χ4v) is 0.753. The van der Waals surface area contributed by atoms with Crippen LogP contribution in [0, 0.1) is 0 Å². The number of rotatable bonds is 2. The Balaban J connectivity index is 0.000000583. The number of carbonyl (C=O) groups is 2. The Bertz CT molecular complexity index is 339. The number of phenols is 1. The third-order valence-corrected chi connectivity index (χ3v) is 1.31. The van der Waals surface area contributed by atoms with Crippen molar-refractivity contribution in [3.63, 3.8) is 0 Å². The molecule has 1 aromatic rings. The van der Waals surface area contributed by atoms with E-state index in [9.17, 15) is 4.79 Å². The fraction of sp³-hybridized carbons (Fsp3) is 0. The van der Waals surface area contributed by atoms with Gasteiger partial charge in [-0.15, -0.1) is 0 Å². The van der Waals surface area contributed by atoms with Crippen LogP contribution in [-0.4, -0.2) is 27.8 Å². The van der Waals surface area contributed by atoms with Crippen molar-refractivity contribution in [3.8, 4) is 5.75 Å². The topological polar surface area (TPSA) is 94.8 Å². The number of aromatic hydroxyl groups is 1. The van der Waals surface area contributed by atoms with E-state index in [-0.39, 0.29) is 12.2 Å². The Morgan fingerprint density at radius 2 is 1.67 bits per heavy atom. The minimum Gasteiger partial charge on any atom is -0.508 e. The summed E-state index contributed by atoms with van der Waals surface area (Å²) in [5.41, 5.74) is 0.746. The van der Waals surface area contributed by atoms with Crippen LogP contribution in [-0.2, 0) is 9.59 Å². The van der Waals surface area contributed by atoms with Gasteiger partial charge in [-0.25, -0.2) is 4.79 Å². The number of aliphatic carboxylic acids is 1. The molecule has 0 radical (unpaired) electrons. The second kappa shape index (κ2) is 7.14. The van der Waals surface area contributed by atoms with Crippen LogP contribution in [0.1, 0.15) is 5.56 Å². The SMILES string of the molecule is O=C(O)C=Cc1ccc(O)cc1.O=CO. The lowest BCUT2D eigenvalue weighted by Gasteiger charge is -1.92. The smallest absolute Gasteiger partial charge is 0.328 e. The quantitative estimate of drug-likeness (QED) is 0.503. The van der Waals surface area contributed by atoms with Gasteiger partial charge in [0.25, 0.3) is 6.47 Å². The van der Waals surface area contributed by atoms with Crippen molar-refractivity contribution in [1.82, 2.24) is 0 Å². The predicted octanol–water partition coefficient (Wildman–Crippen LogP) is 1.19. The molecule has 0 unspecified atom stereocenters. The highest BCUT2D eigenvalue weighted by atomic mass is 16.4. The van der Waals surface area contributed by atoms with Crippen LogP contribution in [0.25, 0.3) is 6.08 Å². The van der Waals surface area contributed by atoms with Crippen molar-refractivity contribution in [1.29, 1.82) is 0 Å². The van der Waals surface area contributed by atoms with Gasteiger partial charge in [0.2, 0.25) is 0 Å². The molecule has 0 heterocycles. The van der Waals surface area contributed by atoms with Gasteiger partial charge in [0.1, 0.15) is 5.75 Å². The summed E-state index contributed by atoms with van der Waals surface area (Å²) in [4.78, 5) is 18.5. The van der Waals surface area contributed by atoms with Crippen LogP contribution < -0.4 is 0 Å². The van der Waals surface area contributed by atoms with Crippen molar-refractivity contribution in [2.75, 3.05) is 0 Å². The first kappa shape index (κ1) is 12.7. The second-order valence-corrected chi connectivity index (χ2v) is 2.37. The van der Waals surface area contributed by atoms with Crippen LogP contribution >= 0.6 is 0 Å². The van der Waals surface area contributed by atoms with E-state index < -0.39 is 5.97 Å². The Morgan fingerprint density at radius 3 is 2.07 bits per heavy atom. The fourth-order valence-electron chi connectivity index (χ4n) is 0.753. The summed E-state index contributed by atoms with van der Waals surface area (Å²) in [6.07, 6.45) is 2.51. The number of carboxylic acids is 1. The standard InChI is InChI=1S/C9H8O3.CH2O2/c10-8-4-1-7(2-5-8)3-6-9(11)12;2-1-3/h1-6,10H,(H,11,12);1H,(H,2,3). The first-order valence-corrected chi connectivity index (χ1v) is 3.88. The first-order valence-electron chi connectivity index (χ1n) is 3.88. The highest BCUT2D eigenvalue weighted by molar-refractivity contribution is 5.85. The molecule has 15 heavy (non-hydrogen) atoms. The molecule has 0 fully saturated rings. The molecule has 0 atom stereocenters. The van der Waals surface area contributed by atoms with Gasteiger partial charge in [-0.2, -0.15) is 0 Å². The van der Waals surface area contributed by atoms with Gasteiger partial charge in [0.05, 0.1) is 0 Å². The zero-order chi connectivity index (χ0) is 11.7. The summed E-state index contributed by atoms with van der Waals surface area (Å²) < 4.78 is 0. The molecule has 0 saturated heterocycles. The molecular weight excluding hydrogens is 200 g/mol. The highest BCUT2D eigenvalue weighted by Gasteiger charge is 1.89. The Labute approximate surface area is 85.9 Å². The maximum Gasteiger partial charge on any atom is 0.328 e. The molecule has 0 aliphatic heterocycles. The molecule has 5 nitrogen and oxygen atoms in total. The molecule has 0 amide bonds. The summed E-state index contributed by atoms with van der Waals surface area (Å²) in [5.74, 6) is -0.814. The van der Waals surface area contributed by atoms with E-state index in [1.165, 1.54) is 18.2 Å². The van der Waals surface area contributed by atoms with Crippen LogP contribution in [0.15, 0.2) is 30.3 Å². The maximum atomic E-state index is 10.1. The van der Waals surface area contributed by atoms with Gasteiger partial charge in [-0.05, 0) is 23.8 Å². The van der Waals surface area contributed by atoms with E-state index in [1.807, 2.05) is 0 Å². The molecule has 0 aliphatic carbocycles. The number of carboxylic acid groups (broad SMARTS) is 2. The summed E-state index contributed by atoms with van der Waals surface area (Å²) >= 11 is 0. The van der Waals surface area contributed by atoms with E-state index in [0.717, 1.165) is 11.6 Å². The van der Waals surface area contributed by atoms with Crippen molar-refractivity contribution >= 4 is 18.5 Å². The maximum absolute atomic E-state index is 10.1. The highest BCUT2D eigenvalue weighted by Crippen LogP contribution is 2.10. The molecule has 80 valence electrons. The third-order valence-electron chi connectivity index (χ3n) is 1.31. The van der Waals surface area contributed by atoms with Gasteiger partial charge in [-0.3, -0.25) is 4.79 Å². The Morgan fingerprint density at radius 1 is 1.20 bits per heavy atom. The molecule has 3 N–H and O–H groups in total. The van der Waals surface area contributed by atoms with E-state index in [1.54, 1.807) is 12.1 Å². The van der Waals surface area contributed by atoms with Crippen LogP contribution in [0.2, 0.25) is 0 Å². The van der Waals surface area contributed by atoms with Crippen molar-refractivity contribution in [2.24, 2.45) is 0 Å². The third kappa shape index (κ3) is 6.83. The van der Waals surface area contributed by atoms with E-state index in [2.05, 4.69) is 0 Å². The van der Waals surface area contributed by atoms with E-state index in [0.29, 0.717) is 0 Å². The average Bonchev–Trinajstić information content (AvgIpc) is 2.18. The van der Waals surface area contributed by atoms with Crippen LogP contribution in [0.5, 0.6) is 5.75 Å². The first-order chi connectivity index (χ1) is 7.10.